The summed E-state index contributed by atoms with van der Waals surface area (Å²) in [6.45, 7) is 1.92. The van der Waals surface area contributed by atoms with E-state index in [4.69, 9.17) is 23.2 Å². The monoisotopic (exact) mass is 272 g/mol. The van der Waals surface area contributed by atoms with Crippen LogP contribution in [0.4, 0.5) is 0 Å². The zero-order valence-corrected chi connectivity index (χ0v) is 10.9. The van der Waals surface area contributed by atoms with Crippen LogP contribution in [0.15, 0.2) is 29.6 Å². The summed E-state index contributed by atoms with van der Waals surface area (Å²) in [5.74, 6) is 0. The third-order valence-electron chi connectivity index (χ3n) is 2.37. The molecule has 0 aliphatic rings. The predicted octanol–water partition coefficient (Wildman–Crippen LogP) is 4.45. The third kappa shape index (κ3) is 2.11. The Labute approximate surface area is 108 Å². The van der Waals surface area contributed by atoms with Crippen molar-refractivity contribution < 1.29 is 5.11 Å². The topological polar surface area (TPSA) is 20.2 Å². The van der Waals surface area contributed by atoms with Gasteiger partial charge in [-0.1, -0.05) is 41.4 Å². The highest BCUT2D eigenvalue weighted by molar-refractivity contribution is 7.10. The smallest absolute Gasteiger partial charge is 0.116 e. The molecule has 4 heteroatoms. The van der Waals surface area contributed by atoms with Crippen molar-refractivity contribution in [3.63, 3.8) is 0 Å². The van der Waals surface area contributed by atoms with Gasteiger partial charge in [-0.25, -0.2) is 0 Å². The highest BCUT2D eigenvalue weighted by Gasteiger charge is 2.19. The fourth-order valence-electron chi connectivity index (χ4n) is 1.47. The van der Waals surface area contributed by atoms with Crippen molar-refractivity contribution in [1.82, 2.24) is 0 Å². The lowest BCUT2D eigenvalue weighted by Gasteiger charge is -2.11. The lowest BCUT2D eigenvalue weighted by molar-refractivity contribution is 0.224. The van der Waals surface area contributed by atoms with Crippen LogP contribution in [0.2, 0.25) is 10.0 Å². The third-order valence-corrected chi connectivity index (χ3v) is 4.48. The van der Waals surface area contributed by atoms with E-state index in [9.17, 15) is 5.11 Å². The summed E-state index contributed by atoms with van der Waals surface area (Å²) in [5, 5.41) is 13.3. The molecule has 1 nitrogen and oxygen atoms in total. The van der Waals surface area contributed by atoms with E-state index in [1.807, 2.05) is 24.4 Å². The summed E-state index contributed by atoms with van der Waals surface area (Å²) in [4.78, 5) is 0.743. The number of hydrogen-bond acceptors (Lipinski definition) is 2. The lowest BCUT2D eigenvalue weighted by atomic mass is 10.1. The van der Waals surface area contributed by atoms with Crippen LogP contribution >= 0.6 is 34.5 Å². The average Bonchev–Trinajstić information content (AvgIpc) is 2.60. The number of aliphatic hydroxyl groups is 1. The molecule has 0 fully saturated rings. The predicted molar refractivity (Wildman–Crippen MR) is 69.6 cm³/mol. The van der Waals surface area contributed by atoms with Gasteiger partial charge in [0.1, 0.15) is 6.10 Å². The van der Waals surface area contributed by atoms with Gasteiger partial charge in [-0.15, -0.1) is 11.3 Å². The first-order valence-electron chi connectivity index (χ1n) is 4.77. The van der Waals surface area contributed by atoms with Crippen LogP contribution in [0.5, 0.6) is 0 Å². The van der Waals surface area contributed by atoms with Crippen LogP contribution in [0.25, 0.3) is 0 Å². The number of aliphatic hydroxyl groups excluding tert-OH is 1. The Bertz CT molecular complexity index is 507. The van der Waals surface area contributed by atoms with Crippen molar-refractivity contribution in [2.45, 2.75) is 13.0 Å². The van der Waals surface area contributed by atoms with E-state index in [1.165, 1.54) is 11.3 Å². The molecule has 0 amide bonds. The van der Waals surface area contributed by atoms with Crippen molar-refractivity contribution >= 4 is 34.5 Å². The van der Waals surface area contributed by atoms with E-state index in [0.717, 1.165) is 10.4 Å². The fraction of sp³-hybridized carbons (Fsp3) is 0.167. The molecule has 0 saturated carbocycles. The van der Waals surface area contributed by atoms with E-state index in [0.29, 0.717) is 15.6 Å². The molecule has 1 aromatic heterocycles. The van der Waals surface area contributed by atoms with E-state index >= 15 is 0 Å². The molecule has 1 atom stereocenters. The number of benzene rings is 1. The summed E-state index contributed by atoms with van der Waals surface area (Å²) in [6.07, 6.45) is -0.750. The second-order valence-electron chi connectivity index (χ2n) is 3.52. The van der Waals surface area contributed by atoms with Gasteiger partial charge in [0, 0.05) is 10.6 Å². The Morgan fingerprint density at radius 1 is 1.25 bits per heavy atom. The van der Waals surface area contributed by atoms with Gasteiger partial charge in [0.15, 0.2) is 0 Å². The number of thiophene rings is 1. The summed E-state index contributed by atoms with van der Waals surface area (Å²) >= 11 is 13.6. The SMILES string of the molecule is Cc1csc(C(O)c2ccccc2Cl)c1Cl. The minimum Gasteiger partial charge on any atom is -0.383 e. The maximum atomic E-state index is 10.2. The first-order valence-corrected chi connectivity index (χ1v) is 6.40. The molecule has 2 aromatic rings. The largest absolute Gasteiger partial charge is 0.383 e. The molecule has 0 bridgehead atoms. The molecule has 2 rings (SSSR count). The minimum absolute atomic E-state index is 0.553. The second-order valence-corrected chi connectivity index (χ2v) is 5.22. The molecule has 16 heavy (non-hydrogen) atoms. The Morgan fingerprint density at radius 2 is 1.94 bits per heavy atom. The zero-order chi connectivity index (χ0) is 11.7. The number of hydrogen-bond donors (Lipinski definition) is 1. The standard InChI is InChI=1S/C12H10Cl2OS/c1-7-6-16-12(10(7)14)11(15)8-4-2-3-5-9(8)13/h2-6,11,15H,1H3. The van der Waals surface area contributed by atoms with Crippen molar-refractivity contribution in [3.8, 4) is 0 Å². The fourth-order valence-corrected chi connectivity index (χ4v) is 3.01. The Balaban J connectivity index is 2.43. The molecule has 0 aliphatic heterocycles. The lowest BCUT2D eigenvalue weighted by Crippen LogP contribution is -1.98. The summed E-state index contributed by atoms with van der Waals surface area (Å²) < 4.78 is 0. The molecule has 0 aliphatic carbocycles. The number of halogens is 2. The van der Waals surface area contributed by atoms with Gasteiger partial charge in [0.25, 0.3) is 0 Å². The molecule has 1 unspecified atom stereocenters. The van der Waals surface area contributed by atoms with Crippen molar-refractivity contribution in [3.05, 3.63) is 55.7 Å². The van der Waals surface area contributed by atoms with Gasteiger partial charge in [-0.3, -0.25) is 0 Å². The molecule has 1 aromatic carbocycles. The molecule has 1 N–H and O–H groups in total. The zero-order valence-electron chi connectivity index (χ0n) is 8.58. The van der Waals surface area contributed by atoms with Gasteiger partial charge in [0.2, 0.25) is 0 Å². The van der Waals surface area contributed by atoms with Crippen LogP contribution in [-0.2, 0) is 0 Å². The molecule has 1 heterocycles. The van der Waals surface area contributed by atoms with E-state index in [1.54, 1.807) is 12.1 Å². The molecule has 0 spiro atoms. The molecule has 0 saturated heterocycles. The van der Waals surface area contributed by atoms with Crippen LogP contribution in [0.1, 0.15) is 22.1 Å². The summed E-state index contributed by atoms with van der Waals surface area (Å²) in [6, 6.07) is 7.24. The molecular formula is C12H10Cl2OS. The first kappa shape index (κ1) is 11.9. The Hall–Kier alpha value is -0.540. The summed E-state index contributed by atoms with van der Waals surface area (Å²) in [5.41, 5.74) is 1.67. The Morgan fingerprint density at radius 3 is 2.50 bits per heavy atom. The Kier molecular flexibility index (Phi) is 3.55. The number of aryl methyl sites for hydroxylation is 1. The van der Waals surface area contributed by atoms with Gasteiger partial charge in [-0.2, -0.15) is 0 Å². The maximum Gasteiger partial charge on any atom is 0.116 e. The normalized spacial score (nSPS) is 12.8. The van der Waals surface area contributed by atoms with Gasteiger partial charge >= 0.3 is 0 Å². The van der Waals surface area contributed by atoms with Crippen molar-refractivity contribution in [2.75, 3.05) is 0 Å². The van der Waals surface area contributed by atoms with Crippen molar-refractivity contribution in [1.29, 1.82) is 0 Å². The van der Waals surface area contributed by atoms with E-state index in [-0.39, 0.29) is 0 Å². The van der Waals surface area contributed by atoms with E-state index in [2.05, 4.69) is 0 Å². The second kappa shape index (κ2) is 4.76. The van der Waals surface area contributed by atoms with Gasteiger partial charge in [0.05, 0.1) is 9.90 Å². The van der Waals surface area contributed by atoms with Crippen LogP contribution in [0, 0.1) is 6.92 Å². The maximum absolute atomic E-state index is 10.2. The summed E-state index contributed by atoms with van der Waals surface area (Å²) in [7, 11) is 0. The van der Waals surface area contributed by atoms with E-state index < -0.39 is 6.10 Å². The highest BCUT2D eigenvalue weighted by atomic mass is 35.5. The highest BCUT2D eigenvalue weighted by Crippen LogP contribution is 2.37. The van der Waals surface area contributed by atoms with Crippen molar-refractivity contribution in [2.24, 2.45) is 0 Å². The molecule has 0 radical (unpaired) electrons. The van der Waals surface area contributed by atoms with Gasteiger partial charge < -0.3 is 5.11 Å². The number of rotatable bonds is 2. The van der Waals surface area contributed by atoms with Crippen LogP contribution in [0.3, 0.4) is 0 Å². The quantitative estimate of drug-likeness (QED) is 0.857. The van der Waals surface area contributed by atoms with Crippen LogP contribution in [-0.4, -0.2) is 5.11 Å². The average molecular weight is 273 g/mol. The first-order chi connectivity index (χ1) is 7.61. The van der Waals surface area contributed by atoms with Crippen LogP contribution < -0.4 is 0 Å². The van der Waals surface area contributed by atoms with Gasteiger partial charge in [-0.05, 0) is 23.9 Å². The molecule has 84 valence electrons. The molecular weight excluding hydrogens is 263 g/mol. The minimum atomic E-state index is -0.750.